The molecule has 0 radical (unpaired) electrons. The molecule has 0 spiro atoms. The van der Waals surface area contributed by atoms with Gasteiger partial charge in [0, 0.05) is 16.7 Å². The second-order valence-electron chi connectivity index (χ2n) is 9.90. The van der Waals surface area contributed by atoms with Crippen molar-refractivity contribution in [3.8, 4) is 0 Å². The summed E-state index contributed by atoms with van der Waals surface area (Å²) < 4.78 is 0. The van der Waals surface area contributed by atoms with Crippen LogP contribution >= 0.6 is 0 Å². The maximum Gasteiger partial charge on any atom is 0.178 e. The Labute approximate surface area is 160 Å². The molecule has 4 aliphatic rings. The van der Waals surface area contributed by atoms with Gasteiger partial charge in [-0.3, -0.25) is 4.79 Å². The first-order valence-electron chi connectivity index (χ1n) is 10.2. The van der Waals surface area contributed by atoms with Crippen molar-refractivity contribution in [2.75, 3.05) is 6.61 Å². The lowest BCUT2D eigenvalue weighted by atomic mass is 9.44. The summed E-state index contributed by atoms with van der Waals surface area (Å²) in [5.41, 5.74) is -1.26. The zero-order chi connectivity index (χ0) is 19.8. The number of aliphatic hydroxyl groups excluding tert-OH is 3. The monoisotopic (exact) mass is 376 g/mol. The van der Waals surface area contributed by atoms with Crippen molar-refractivity contribution in [2.45, 2.75) is 64.3 Å². The van der Waals surface area contributed by atoms with E-state index in [2.05, 4.69) is 13.8 Å². The summed E-state index contributed by atoms with van der Waals surface area (Å²) in [4.78, 5) is 12.0. The topological polar surface area (TPSA) is 98.0 Å². The van der Waals surface area contributed by atoms with E-state index in [1.165, 1.54) is 0 Å². The molecule has 150 valence electrons. The number of allylic oxidation sites excluding steroid dienone is 4. The minimum atomic E-state index is -1.38. The lowest BCUT2D eigenvalue weighted by molar-refractivity contribution is -0.205. The van der Waals surface area contributed by atoms with Gasteiger partial charge < -0.3 is 20.4 Å². The summed E-state index contributed by atoms with van der Waals surface area (Å²) in [7, 11) is 0. The molecule has 3 saturated carbocycles. The van der Waals surface area contributed by atoms with Crippen LogP contribution in [-0.2, 0) is 4.79 Å². The lowest BCUT2D eigenvalue weighted by Gasteiger charge is -2.61. The van der Waals surface area contributed by atoms with E-state index in [0.29, 0.717) is 12.8 Å². The fourth-order valence-electron chi connectivity index (χ4n) is 7.49. The van der Waals surface area contributed by atoms with Crippen LogP contribution in [0.5, 0.6) is 0 Å². The standard InChI is InChI=1S/C22H32O5/c1-12-8-14-15-5-7-22(27,18(26)11-23)21(15,3)10-17(25)19(14)20(2)6-4-13(24)9-16(12)20/h4,6,9,12,14-15,17-19,23,25-27H,5,7-8,10-11H2,1-3H3/t12-,14-,15-,17-,18-,19+,20-,21-,22-/m0/s1. The third-order valence-corrected chi connectivity index (χ3v) is 8.76. The Morgan fingerprint density at radius 2 is 2.04 bits per heavy atom. The molecular weight excluding hydrogens is 344 g/mol. The molecule has 9 atom stereocenters. The fraction of sp³-hybridized carbons (Fsp3) is 0.773. The summed E-state index contributed by atoms with van der Waals surface area (Å²) in [6, 6.07) is 0. The van der Waals surface area contributed by atoms with Crippen molar-refractivity contribution in [3.63, 3.8) is 0 Å². The molecule has 0 saturated heterocycles. The van der Waals surface area contributed by atoms with E-state index in [-0.39, 0.29) is 34.9 Å². The quantitative estimate of drug-likeness (QED) is 0.587. The van der Waals surface area contributed by atoms with Gasteiger partial charge in [-0.05, 0) is 55.6 Å². The van der Waals surface area contributed by atoms with Crippen molar-refractivity contribution in [1.29, 1.82) is 0 Å². The van der Waals surface area contributed by atoms with E-state index in [9.17, 15) is 25.2 Å². The normalized spacial score (nSPS) is 52.6. The summed E-state index contributed by atoms with van der Waals surface area (Å²) in [6.45, 7) is 5.77. The largest absolute Gasteiger partial charge is 0.394 e. The van der Waals surface area contributed by atoms with Crippen LogP contribution in [0, 0.1) is 34.5 Å². The minimum absolute atomic E-state index is 0.00371. The maximum absolute atomic E-state index is 12.0. The van der Waals surface area contributed by atoms with Gasteiger partial charge in [0.05, 0.1) is 18.3 Å². The van der Waals surface area contributed by atoms with Crippen molar-refractivity contribution >= 4 is 5.78 Å². The van der Waals surface area contributed by atoms with E-state index >= 15 is 0 Å². The lowest BCUT2D eigenvalue weighted by Crippen LogP contribution is -2.63. The van der Waals surface area contributed by atoms with Crippen LogP contribution in [0.1, 0.15) is 46.5 Å². The average Bonchev–Trinajstić information content (AvgIpc) is 2.87. The van der Waals surface area contributed by atoms with E-state index < -0.39 is 29.8 Å². The van der Waals surface area contributed by atoms with Crippen LogP contribution in [0.25, 0.3) is 0 Å². The van der Waals surface area contributed by atoms with Crippen molar-refractivity contribution in [1.82, 2.24) is 0 Å². The number of ketones is 1. The Balaban J connectivity index is 1.77. The van der Waals surface area contributed by atoms with E-state index in [1.54, 1.807) is 12.2 Å². The first kappa shape index (κ1) is 19.3. The Bertz CT molecular complexity index is 713. The highest BCUT2D eigenvalue weighted by atomic mass is 16.4. The molecule has 0 bridgehead atoms. The van der Waals surface area contributed by atoms with Gasteiger partial charge >= 0.3 is 0 Å². The second kappa shape index (κ2) is 5.99. The summed E-state index contributed by atoms with van der Waals surface area (Å²) >= 11 is 0. The van der Waals surface area contributed by atoms with Crippen LogP contribution < -0.4 is 0 Å². The summed E-state index contributed by atoms with van der Waals surface area (Å²) in [6.07, 6.45) is 6.01. The molecule has 0 aromatic rings. The van der Waals surface area contributed by atoms with Crippen LogP contribution in [0.2, 0.25) is 0 Å². The highest BCUT2D eigenvalue weighted by Gasteiger charge is 2.68. The first-order chi connectivity index (χ1) is 12.6. The minimum Gasteiger partial charge on any atom is -0.394 e. The molecule has 0 unspecified atom stereocenters. The van der Waals surface area contributed by atoms with Gasteiger partial charge in [-0.2, -0.15) is 0 Å². The van der Waals surface area contributed by atoms with Gasteiger partial charge in [-0.25, -0.2) is 0 Å². The Hall–Kier alpha value is -1.01. The molecule has 0 heterocycles. The average molecular weight is 376 g/mol. The van der Waals surface area contributed by atoms with Gasteiger partial charge in [0.15, 0.2) is 5.78 Å². The third kappa shape index (κ3) is 2.35. The molecule has 0 aromatic heterocycles. The van der Waals surface area contributed by atoms with Gasteiger partial charge in [-0.15, -0.1) is 0 Å². The smallest absolute Gasteiger partial charge is 0.178 e. The number of hydrogen-bond donors (Lipinski definition) is 4. The number of rotatable bonds is 2. The Kier molecular flexibility index (Phi) is 4.29. The molecule has 4 rings (SSSR count). The highest BCUT2D eigenvalue weighted by molar-refractivity contribution is 6.01. The number of hydrogen-bond acceptors (Lipinski definition) is 5. The highest BCUT2D eigenvalue weighted by Crippen LogP contribution is 2.68. The predicted molar refractivity (Wildman–Crippen MR) is 101 cm³/mol. The zero-order valence-corrected chi connectivity index (χ0v) is 16.4. The van der Waals surface area contributed by atoms with Crippen molar-refractivity contribution in [3.05, 3.63) is 23.8 Å². The summed E-state index contributed by atoms with van der Waals surface area (Å²) in [5, 5.41) is 42.5. The molecule has 0 aromatic carbocycles. The number of aliphatic hydroxyl groups is 4. The van der Waals surface area contributed by atoms with Crippen LogP contribution in [-0.4, -0.2) is 50.6 Å². The van der Waals surface area contributed by atoms with Gasteiger partial charge in [0.1, 0.15) is 6.10 Å². The van der Waals surface area contributed by atoms with Crippen molar-refractivity contribution < 1.29 is 25.2 Å². The third-order valence-electron chi connectivity index (χ3n) is 8.76. The van der Waals surface area contributed by atoms with E-state index in [4.69, 9.17) is 0 Å². The molecule has 5 nitrogen and oxygen atoms in total. The summed E-state index contributed by atoms with van der Waals surface area (Å²) in [5.74, 6) is 0.619. The fourth-order valence-corrected chi connectivity index (χ4v) is 7.49. The molecule has 4 aliphatic carbocycles. The van der Waals surface area contributed by atoms with Gasteiger partial charge in [0.2, 0.25) is 0 Å². The second-order valence-corrected chi connectivity index (χ2v) is 9.90. The maximum atomic E-state index is 12.0. The van der Waals surface area contributed by atoms with Crippen molar-refractivity contribution in [2.24, 2.45) is 34.5 Å². The Morgan fingerprint density at radius 1 is 1.33 bits per heavy atom. The van der Waals surface area contributed by atoms with E-state index in [0.717, 1.165) is 18.4 Å². The molecule has 4 N–H and O–H groups in total. The predicted octanol–water partition coefficient (Wildman–Crippen LogP) is 1.60. The van der Waals surface area contributed by atoms with Gasteiger partial charge in [0.25, 0.3) is 0 Å². The molecule has 0 aliphatic heterocycles. The van der Waals surface area contributed by atoms with Crippen LogP contribution in [0.4, 0.5) is 0 Å². The van der Waals surface area contributed by atoms with Crippen LogP contribution in [0.15, 0.2) is 23.8 Å². The molecule has 3 fully saturated rings. The number of carbonyl (C=O) groups excluding carboxylic acids is 1. The molecular formula is C22H32O5. The molecule has 0 amide bonds. The van der Waals surface area contributed by atoms with E-state index in [1.807, 2.05) is 13.0 Å². The molecule has 5 heteroatoms. The number of carbonyl (C=O) groups is 1. The SMILES string of the molecule is C[C@H]1C[C@@H]2[C@H]([C@@H](O)C[C@@]3(C)[C@H]2CC[C@]3(O)[C@@H](O)CO)[C@@]2(C)C=CC(=O)C=C12. The first-order valence-corrected chi connectivity index (χ1v) is 10.2. The van der Waals surface area contributed by atoms with Gasteiger partial charge in [-0.1, -0.05) is 32.4 Å². The zero-order valence-electron chi connectivity index (χ0n) is 16.4. The molecule has 27 heavy (non-hydrogen) atoms. The number of fused-ring (bicyclic) bond motifs is 5. The van der Waals surface area contributed by atoms with Crippen LogP contribution in [0.3, 0.4) is 0 Å². The Morgan fingerprint density at radius 3 is 2.70 bits per heavy atom.